The van der Waals surface area contributed by atoms with Gasteiger partial charge in [-0.25, -0.2) is 8.42 Å². The number of hydrogen-bond acceptors (Lipinski definition) is 4. The van der Waals surface area contributed by atoms with Crippen LogP contribution in [0.5, 0.6) is 0 Å². The number of likely N-dealkylation sites (N-methyl/N-ethyl adjacent to an activating group) is 1. The minimum absolute atomic E-state index is 0.174. The molecule has 24 heavy (non-hydrogen) atoms. The molecule has 3 rings (SSSR count). The second kappa shape index (κ2) is 6.57. The SMILES string of the molecule is CCn1cc(S(=O)(=O)N2CC(N(C)C)CCc3ccccc32)cn1. The first kappa shape index (κ1) is 17.0. The largest absolute Gasteiger partial charge is 0.305 e. The zero-order valence-electron chi connectivity index (χ0n) is 14.4. The summed E-state index contributed by atoms with van der Waals surface area (Å²) in [6.07, 6.45) is 4.86. The van der Waals surface area contributed by atoms with Crippen LogP contribution in [0, 0.1) is 0 Å². The Bertz CT molecular complexity index is 814. The van der Waals surface area contributed by atoms with Crippen LogP contribution in [0.1, 0.15) is 18.9 Å². The molecule has 0 saturated carbocycles. The summed E-state index contributed by atoms with van der Waals surface area (Å²) < 4.78 is 29.7. The molecule has 0 fully saturated rings. The van der Waals surface area contributed by atoms with E-state index in [2.05, 4.69) is 10.00 Å². The maximum absolute atomic E-state index is 13.3. The summed E-state index contributed by atoms with van der Waals surface area (Å²) in [4.78, 5) is 2.35. The summed E-state index contributed by atoms with van der Waals surface area (Å²) in [7, 11) is 0.370. The molecule has 2 heterocycles. The number of hydrogen-bond donors (Lipinski definition) is 0. The molecule has 0 saturated heterocycles. The molecule has 6 nitrogen and oxygen atoms in total. The molecule has 0 aliphatic carbocycles. The Kier molecular flexibility index (Phi) is 4.64. The summed E-state index contributed by atoms with van der Waals surface area (Å²) in [5.74, 6) is 0. The number of aromatic nitrogens is 2. The van der Waals surface area contributed by atoms with Gasteiger partial charge in [0.1, 0.15) is 4.90 Å². The second-order valence-corrected chi connectivity index (χ2v) is 8.22. The summed E-state index contributed by atoms with van der Waals surface area (Å²) in [6.45, 7) is 3.03. The molecule has 0 spiro atoms. The van der Waals surface area contributed by atoms with Gasteiger partial charge in [0.2, 0.25) is 0 Å². The third-order valence-electron chi connectivity index (χ3n) is 4.64. The highest BCUT2D eigenvalue weighted by atomic mass is 32.2. The van der Waals surface area contributed by atoms with E-state index in [0.717, 1.165) is 24.1 Å². The fourth-order valence-corrected chi connectivity index (χ4v) is 4.59. The van der Waals surface area contributed by atoms with Gasteiger partial charge in [-0.2, -0.15) is 5.10 Å². The molecule has 1 unspecified atom stereocenters. The lowest BCUT2D eigenvalue weighted by Crippen LogP contribution is -2.42. The van der Waals surface area contributed by atoms with Gasteiger partial charge in [0, 0.05) is 25.3 Å². The van der Waals surface area contributed by atoms with Gasteiger partial charge in [-0.05, 0) is 45.5 Å². The van der Waals surface area contributed by atoms with E-state index < -0.39 is 10.0 Å². The van der Waals surface area contributed by atoms with Crippen LogP contribution in [-0.4, -0.2) is 49.8 Å². The first-order valence-corrected chi connectivity index (χ1v) is 9.67. The smallest absolute Gasteiger partial charge is 0.267 e. The van der Waals surface area contributed by atoms with Gasteiger partial charge in [0.25, 0.3) is 10.0 Å². The number of rotatable bonds is 4. The van der Waals surface area contributed by atoms with Crippen molar-refractivity contribution in [2.75, 3.05) is 24.9 Å². The van der Waals surface area contributed by atoms with Crippen LogP contribution in [0.4, 0.5) is 5.69 Å². The Morgan fingerprint density at radius 2 is 2.04 bits per heavy atom. The van der Waals surface area contributed by atoms with Crippen molar-refractivity contribution >= 4 is 15.7 Å². The Morgan fingerprint density at radius 3 is 2.71 bits per heavy atom. The van der Waals surface area contributed by atoms with E-state index in [9.17, 15) is 8.42 Å². The summed E-state index contributed by atoms with van der Waals surface area (Å²) in [5, 5.41) is 4.13. The summed E-state index contributed by atoms with van der Waals surface area (Å²) >= 11 is 0. The van der Waals surface area contributed by atoms with Crippen molar-refractivity contribution in [2.24, 2.45) is 0 Å². The third kappa shape index (κ3) is 3.06. The van der Waals surface area contributed by atoms with Crippen LogP contribution in [0.3, 0.4) is 0 Å². The van der Waals surface area contributed by atoms with Crippen molar-refractivity contribution in [1.82, 2.24) is 14.7 Å². The summed E-state index contributed by atoms with van der Waals surface area (Å²) in [6, 6.07) is 7.95. The molecule has 0 radical (unpaired) electrons. The van der Waals surface area contributed by atoms with Crippen molar-refractivity contribution < 1.29 is 8.42 Å². The van der Waals surface area contributed by atoms with Crippen LogP contribution in [0.2, 0.25) is 0 Å². The minimum Gasteiger partial charge on any atom is -0.305 e. The number of sulfonamides is 1. The standard InChI is InChI=1S/C17H24N4O2S/c1-4-20-13-16(11-18-20)24(22,23)21-12-15(19(2)3)10-9-14-7-5-6-8-17(14)21/h5-8,11,13,15H,4,9-10,12H2,1-3H3. The highest BCUT2D eigenvalue weighted by molar-refractivity contribution is 7.92. The van der Waals surface area contributed by atoms with Crippen molar-refractivity contribution in [3.63, 3.8) is 0 Å². The fraction of sp³-hybridized carbons (Fsp3) is 0.471. The molecule has 1 aromatic carbocycles. The van der Waals surface area contributed by atoms with Crippen LogP contribution in [0.15, 0.2) is 41.6 Å². The maximum atomic E-state index is 13.3. The molecule has 2 aromatic rings. The highest BCUT2D eigenvalue weighted by Crippen LogP contribution is 2.31. The lowest BCUT2D eigenvalue weighted by molar-refractivity contribution is 0.288. The molecule has 1 aliphatic heterocycles. The van der Waals surface area contributed by atoms with Crippen LogP contribution in [-0.2, 0) is 23.0 Å². The number of nitrogens with zero attached hydrogens (tertiary/aromatic N) is 4. The van der Waals surface area contributed by atoms with E-state index in [1.165, 1.54) is 6.20 Å². The maximum Gasteiger partial charge on any atom is 0.267 e. The molecule has 0 N–H and O–H groups in total. The minimum atomic E-state index is -3.63. The number of benzene rings is 1. The van der Waals surface area contributed by atoms with E-state index in [1.807, 2.05) is 45.3 Å². The van der Waals surface area contributed by atoms with E-state index in [0.29, 0.717) is 13.1 Å². The topological polar surface area (TPSA) is 58.4 Å². The normalized spacial score (nSPS) is 18.5. The monoisotopic (exact) mass is 348 g/mol. The Morgan fingerprint density at radius 1 is 1.29 bits per heavy atom. The molecule has 1 atom stereocenters. The van der Waals surface area contributed by atoms with Crippen LogP contribution in [0.25, 0.3) is 0 Å². The van der Waals surface area contributed by atoms with Gasteiger partial charge in [-0.1, -0.05) is 18.2 Å². The van der Waals surface area contributed by atoms with E-state index >= 15 is 0 Å². The van der Waals surface area contributed by atoms with Crippen LogP contribution < -0.4 is 4.31 Å². The van der Waals surface area contributed by atoms with E-state index in [-0.39, 0.29) is 10.9 Å². The molecule has 130 valence electrons. The van der Waals surface area contributed by atoms with E-state index in [1.54, 1.807) is 15.2 Å². The molecule has 0 amide bonds. The molecule has 7 heteroatoms. The van der Waals surface area contributed by atoms with Crippen molar-refractivity contribution in [2.45, 2.75) is 37.2 Å². The Balaban J connectivity index is 2.07. The zero-order chi connectivity index (χ0) is 17.3. The van der Waals surface area contributed by atoms with Gasteiger partial charge in [0.05, 0.1) is 11.9 Å². The molecule has 1 aromatic heterocycles. The van der Waals surface area contributed by atoms with Gasteiger partial charge in [0.15, 0.2) is 0 Å². The number of anilines is 1. The van der Waals surface area contributed by atoms with E-state index in [4.69, 9.17) is 0 Å². The van der Waals surface area contributed by atoms with Crippen molar-refractivity contribution in [3.05, 3.63) is 42.2 Å². The second-order valence-electron chi connectivity index (χ2n) is 6.35. The Hall–Kier alpha value is -1.86. The number of fused-ring (bicyclic) bond motifs is 1. The zero-order valence-corrected chi connectivity index (χ0v) is 15.2. The lowest BCUT2D eigenvalue weighted by Gasteiger charge is -2.29. The highest BCUT2D eigenvalue weighted by Gasteiger charge is 2.32. The molecule has 1 aliphatic rings. The quantitative estimate of drug-likeness (QED) is 0.848. The van der Waals surface area contributed by atoms with Crippen molar-refractivity contribution in [1.29, 1.82) is 0 Å². The van der Waals surface area contributed by atoms with Gasteiger partial charge >= 0.3 is 0 Å². The molecular formula is C17H24N4O2S. The molecule has 0 bridgehead atoms. The predicted octanol–water partition coefficient (Wildman–Crippen LogP) is 1.97. The van der Waals surface area contributed by atoms with Crippen LogP contribution >= 0.6 is 0 Å². The first-order chi connectivity index (χ1) is 11.4. The fourth-order valence-electron chi connectivity index (χ4n) is 3.10. The lowest BCUT2D eigenvalue weighted by atomic mass is 10.1. The number of aryl methyl sites for hydroxylation is 2. The third-order valence-corrected chi connectivity index (χ3v) is 6.37. The average Bonchev–Trinajstić information content (AvgIpc) is 2.96. The predicted molar refractivity (Wildman–Crippen MR) is 94.7 cm³/mol. The van der Waals surface area contributed by atoms with Gasteiger partial charge in [-0.15, -0.1) is 0 Å². The Labute approximate surface area is 143 Å². The number of para-hydroxylation sites is 1. The summed E-state index contributed by atoms with van der Waals surface area (Å²) in [5.41, 5.74) is 1.86. The van der Waals surface area contributed by atoms with Gasteiger partial charge < -0.3 is 4.90 Å². The van der Waals surface area contributed by atoms with Gasteiger partial charge in [-0.3, -0.25) is 8.99 Å². The molecular weight excluding hydrogens is 324 g/mol. The first-order valence-electron chi connectivity index (χ1n) is 8.23. The average molecular weight is 348 g/mol. The van der Waals surface area contributed by atoms with Crippen molar-refractivity contribution in [3.8, 4) is 0 Å².